The zero-order valence-electron chi connectivity index (χ0n) is 14.7. The van der Waals surface area contributed by atoms with Crippen LogP contribution in [0.2, 0.25) is 0 Å². The number of aromatic nitrogens is 4. The van der Waals surface area contributed by atoms with E-state index in [1.807, 2.05) is 37.5 Å². The first-order valence-corrected chi connectivity index (χ1v) is 8.77. The van der Waals surface area contributed by atoms with Crippen LogP contribution in [0.5, 0.6) is 0 Å². The van der Waals surface area contributed by atoms with Crippen LogP contribution in [-0.4, -0.2) is 40.1 Å². The SMILES string of the molecule is CN(CCOC1=CCCC=C1)c1nc(-c2cccnc2)nc2[nH]ccc12. The van der Waals surface area contributed by atoms with Crippen molar-refractivity contribution in [1.82, 2.24) is 19.9 Å². The highest BCUT2D eigenvalue weighted by molar-refractivity contribution is 5.89. The van der Waals surface area contributed by atoms with Crippen molar-refractivity contribution < 1.29 is 4.74 Å². The van der Waals surface area contributed by atoms with Crippen LogP contribution in [0, 0.1) is 0 Å². The van der Waals surface area contributed by atoms with Crippen LogP contribution in [0.25, 0.3) is 22.4 Å². The van der Waals surface area contributed by atoms with Crippen LogP contribution in [0.3, 0.4) is 0 Å². The summed E-state index contributed by atoms with van der Waals surface area (Å²) in [6.07, 6.45) is 13.9. The molecule has 4 rings (SSSR count). The smallest absolute Gasteiger partial charge is 0.165 e. The number of nitrogens with one attached hydrogen (secondary N) is 1. The minimum absolute atomic E-state index is 0.602. The molecule has 6 heteroatoms. The van der Waals surface area contributed by atoms with Gasteiger partial charge in [-0.15, -0.1) is 0 Å². The lowest BCUT2D eigenvalue weighted by atomic mass is 10.2. The molecule has 26 heavy (non-hydrogen) atoms. The van der Waals surface area contributed by atoms with E-state index < -0.39 is 0 Å². The van der Waals surface area contributed by atoms with Gasteiger partial charge in [-0.05, 0) is 43.2 Å². The molecule has 132 valence electrons. The zero-order chi connectivity index (χ0) is 17.8. The second kappa shape index (κ2) is 7.39. The van der Waals surface area contributed by atoms with Crippen LogP contribution >= 0.6 is 0 Å². The number of anilines is 1. The highest BCUT2D eigenvalue weighted by Gasteiger charge is 2.14. The summed E-state index contributed by atoms with van der Waals surface area (Å²) in [5.74, 6) is 2.50. The average Bonchev–Trinajstić information content (AvgIpc) is 3.17. The summed E-state index contributed by atoms with van der Waals surface area (Å²) in [4.78, 5) is 18.9. The van der Waals surface area contributed by atoms with Gasteiger partial charge >= 0.3 is 0 Å². The van der Waals surface area contributed by atoms with Crippen molar-refractivity contribution in [3.8, 4) is 11.4 Å². The lowest BCUT2D eigenvalue weighted by Crippen LogP contribution is -2.24. The summed E-state index contributed by atoms with van der Waals surface area (Å²) in [6.45, 7) is 1.33. The summed E-state index contributed by atoms with van der Waals surface area (Å²) in [5.41, 5.74) is 1.71. The Bertz CT molecular complexity index is 945. The standard InChI is InChI=1S/C20H21N5O/c1-25(12-13-26-16-7-3-2-4-8-16)20-17-9-11-22-19(17)23-18(24-20)15-6-5-10-21-14-15/h3,5-11,14H,2,4,12-13H2,1H3,(H,22,23,24). The highest BCUT2D eigenvalue weighted by atomic mass is 16.5. The van der Waals surface area contributed by atoms with Crippen molar-refractivity contribution in [2.75, 3.05) is 25.1 Å². The van der Waals surface area contributed by atoms with E-state index in [0.29, 0.717) is 12.4 Å². The summed E-state index contributed by atoms with van der Waals surface area (Å²) in [7, 11) is 2.02. The largest absolute Gasteiger partial charge is 0.492 e. The van der Waals surface area contributed by atoms with Gasteiger partial charge in [0, 0.05) is 31.2 Å². The van der Waals surface area contributed by atoms with Crippen molar-refractivity contribution >= 4 is 16.9 Å². The number of likely N-dealkylation sites (N-methyl/N-ethyl adjacent to an activating group) is 1. The molecule has 0 radical (unpaired) electrons. The molecule has 3 aromatic heterocycles. The van der Waals surface area contributed by atoms with Gasteiger partial charge in [0.05, 0.1) is 11.9 Å². The molecule has 0 aromatic carbocycles. The van der Waals surface area contributed by atoms with E-state index in [1.54, 1.807) is 12.4 Å². The van der Waals surface area contributed by atoms with Gasteiger partial charge in [-0.1, -0.05) is 6.08 Å². The Morgan fingerprint density at radius 3 is 3.00 bits per heavy atom. The number of aromatic amines is 1. The molecule has 0 saturated carbocycles. The number of rotatable bonds is 6. The third kappa shape index (κ3) is 3.44. The lowest BCUT2D eigenvalue weighted by molar-refractivity contribution is 0.230. The first kappa shape index (κ1) is 16.3. The minimum atomic E-state index is 0.602. The van der Waals surface area contributed by atoms with Gasteiger partial charge < -0.3 is 14.6 Å². The van der Waals surface area contributed by atoms with Crippen molar-refractivity contribution in [3.63, 3.8) is 0 Å². The molecule has 3 heterocycles. The Morgan fingerprint density at radius 1 is 1.23 bits per heavy atom. The van der Waals surface area contributed by atoms with Crippen molar-refractivity contribution in [2.24, 2.45) is 0 Å². The molecular formula is C20H21N5O. The van der Waals surface area contributed by atoms with E-state index in [0.717, 1.165) is 47.6 Å². The molecule has 0 atom stereocenters. The lowest BCUT2D eigenvalue weighted by Gasteiger charge is -2.20. The maximum atomic E-state index is 5.85. The predicted octanol–water partition coefficient (Wildman–Crippen LogP) is 3.71. The monoisotopic (exact) mass is 347 g/mol. The summed E-state index contributed by atoms with van der Waals surface area (Å²) in [5, 5.41) is 0.997. The maximum absolute atomic E-state index is 5.85. The van der Waals surface area contributed by atoms with Gasteiger partial charge in [0.15, 0.2) is 5.82 Å². The Labute approximate surface area is 152 Å². The maximum Gasteiger partial charge on any atom is 0.165 e. The predicted molar refractivity (Wildman–Crippen MR) is 103 cm³/mol. The number of H-pyrrole nitrogens is 1. The molecule has 6 nitrogen and oxygen atoms in total. The zero-order valence-corrected chi connectivity index (χ0v) is 14.7. The summed E-state index contributed by atoms with van der Waals surface area (Å²) >= 11 is 0. The van der Waals surface area contributed by atoms with Crippen LogP contribution in [0.1, 0.15) is 12.8 Å². The number of hydrogen-bond acceptors (Lipinski definition) is 5. The molecule has 0 amide bonds. The van der Waals surface area contributed by atoms with Crippen LogP contribution in [-0.2, 0) is 4.74 Å². The fourth-order valence-electron chi connectivity index (χ4n) is 2.94. The molecule has 1 aliphatic rings. The Balaban J connectivity index is 1.55. The Kier molecular flexibility index (Phi) is 4.64. The third-order valence-electron chi connectivity index (χ3n) is 4.33. The first-order valence-electron chi connectivity index (χ1n) is 8.77. The fourth-order valence-corrected chi connectivity index (χ4v) is 2.94. The third-order valence-corrected chi connectivity index (χ3v) is 4.33. The Morgan fingerprint density at radius 2 is 2.19 bits per heavy atom. The van der Waals surface area contributed by atoms with E-state index in [1.165, 1.54) is 0 Å². The topological polar surface area (TPSA) is 66.9 Å². The Hall–Kier alpha value is -3.15. The summed E-state index contributed by atoms with van der Waals surface area (Å²) < 4.78 is 5.85. The van der Waals surface area contributed by atoms with Gasteiger partial charge in [-0.2, -0.15) is 0 Å². The second-order valence-corrected chi connectivity index (χ2v) is 6.21. The number of hydrogen-bond donors (Lipinski definition) is 1. The number of nitrogens with zero attached hydrogens (tertiary/aromatic N) is 4. The number of pyridine rings is 1. The van der Waals surface area contributed by atoms with Gasteiger partial charge in [-0.25, -0.2) is 9.97 Å². The van der Waals surface area contributed by atoms with Crippen LogP contribution in [0.15, 0.2) is 60.8 Å². The normalized spacial score (nSPS) is 13.7. The van der Waals surface area contributed by atoms with E-state index >= 15 is 0 Å². The van der Waals surface area contributed by atoms with E-state index in [4.69, 9.17) is 9.72 Å². The molecule has 0 unspecified atom stereocenters. The van der Waals surface area contributed by atoms with E-state index in [2.05, 4.69) is 32.0 Å². The highest BCUT2D eigenvalue weighted by Crippen LogP contribution is 2.26. The van der Waals surface area contributed by atoms with Gasteiger partial charge in [0.1, 0.15) is 23.8 Å². The molecule has 0 fully saturated rings. The minimum Gasteiger partial charge on any atom is -0.492 e. The van der Waals surface area contributed by atoms with Gasteiger partial charge in [0.25, 0.3) is 0 Å². The quantitative estimate of drug-likeness (QED) is 0.736. The molecule has 1 N–H and O–H groups in total. The van der Waals surface area contributed by atoms with E-state index in [9.17, 15) is 0 Å². The van der Waals surface area contributed by atoms with Crippen LogP contribution < -0.4 is 4.90 Å². The molecule has 1 aliphatic carbocycles. The molecule has 0 bridgehead atoms. The second-order valence-electron chi connectivity index (χ2n) is 6.21. The molecular weight excluding hydrogens is 326 g/mol. The molecule has 0 aliphatic heterocycles. The fraction of sp³-hybridized carbons (Fsp3) is 0.250. The van der Waals surface area contributed by atoms with Gasteiger partial charge in [0.2, 0.25) is 0 Å². The number of ether oxygens (including phenoxy) is 1. The number of fused-ring (bicyclic) bond motifs is 1. The first-order chi connectivity index (χ1) is 12.8. The molecule has 3 aromatic rings. The number of allylic oxidation sites excluding steroid dienone is 3. The average molecular weight is 347 g/mol. The van der Waals surface area contributed by atoms with Gasteiger partial charge in [-0.3, -0.25) is 4.98 Å². The van der Waals surface area contributed by atoms with E-state index in [-0.39, 0.29) is 0 Å². The van der Waals surface area contributed by atoms with Crippen molar-refractivity contribution in [3.05, 3.63) is 60.8 Å². The van der Waals surface area contributed by atoms with Crippen molar-refractivity contribution in [1.29, 1.82) is 0 Å². The molecule has 0 spiro atoms. The molecule has 0 saturated heterocycles. The van der Waals surface area contributed by atoms with Crippen molar-refractivity contribution in [2.45, 2.75) is 12.8 Å². The summed E-state index contributed by atoms with van der Waals surface area (Å²) in [6, 6.07) is 5.85. The van der Waals surface area contributed by atoms with Crippen LogP contribution in [0.4, 0.5) is 5.82 Å².